The molecule has 0 bridgehead atoms. The third kappa shape index (κ3) is 8.46. The second-order valence-electron chi connectivity index (χ2n) is 15.0. The van der Waals surface area contributed by atoms with Gasteiger partial charge in [0.15, 0.2) is 0 Å². The molecule has 12 heteroatoms. The quantitative estimate of drug-likeness (QED) is 0.188. The molecule has 0 radical (unpaired) electrons. The lowest BCUT2D eigenvalue weighted by molar-refractivity contribution is -0.140. The number of piperidine rings is 1. The van der Waals surface area contributed by atoms with Crippen molar-refractivity contribution < 1.29 is 28.8 Å². The number of likely N-dealkylation sites (tertiary alicyclic amines) is 1. The Hall–Kier alpha value is -3.02. The second kappa shape index (κ2) is 15.3. The Kier molecular flexibility index (Phi) is 11.4. The van der Waals surface area contributed by atoms with E-state index >= 15 is 0 Å². The Morgan fingerprint density at radius 1 is 0.804 bits per heavy atom. The lowest BCUT2D eigenvalue weighted by Gasteiger charge is -2.44. The van der Waals surface area contributed by atoms with Gasteiger partial charge in [0, 0.05) is 19.1 Å². The molecule has 46 heavy (non-hydrogen) atoms. The number of Topliss-reactive ketones (excluding diaryl/α,β-unsaturated/α-hetero) is 1. The van der Waals surface area contributed by atoms with E-state index in [0.29, 0.717) is 25.4 Å². The Bertz CT molecular complexity index is 1150. The highest BCUT2D eigenvalue weighted by Gasteiger charge is 2.49. The molecule has 12 nitrogen and oxygen atoms in total. The van der Waals surface area contributed by atoms with Crippen LogP contribution in [0.25, 0.3) is 0 Å². The lowest BCUT2D eigenvalue weighted by Crippen LogP contribution is -2.56. The minimum absolute atomic E-state index is 0.0111. The molecule has 0 unspecified atom stereocenters. The number of hydrogen-bond acceptors (Lipinski definition) is 7. The van der Waals surface area contributed by atoms with E-state index in [2.05, 4.69) is 40.4 Å². The van der Waals surface area contributed by atoms with Gasteiger partial charge >= 0.3 is 0 Å². The zero-order valence-corrected chi connectivity index (χ0v) is 27.7. The van der Waals surface area contributed by atoms with E-state index in [-0.39, 0.29) is 53.5 Å². The molecule has 0 spiro atoms. The second-order valence-corrected chi connectivity index (χ2v) is 15.0. The number of carbonyl (C=O) groups is 6. The highest BCUT2D eigenvalue weighted by Crippen LogP contribution is 2.50. The molecule has 2 aliphatic heterocycles. The van der Waals surface area contributed by atoms with E-state index in [1.165, 1.54) is 11.3 Å². The summed E-state index contributed by atoms with van der Waals surface area (Å²) in [5, 5.41) is 14.4. The Labute approximate surface area is 272 Å². The van der Waals surface area contributed by atoms with Crippen LogP contribution in [0.5, 0.6) is 0 Å². The average Bonchev–Trinajstić information content (AvgIpc) is 3.72. The molecule has 256 valence electrons. The molecule has 3 aliphatic carbocycles. The molecule has 5 rings (SSSR count). The molecule has 2 heterocycles. The highest BCUT2D eigenvalue weighted by molar-refractivity contribution is 6.37. The molecule has 3 saturated carbocycles. The molecule has 5 aliphatic rings. The fourth-order valence-electron chi connectivity index (χ4n) is 7.83. The summed E-state index contributed by atoms with van der Waals surface area (Å²) in [6.07, 6.45) is 12.1. The van der Waals surface area contributed by atoms with Crippen molar-refractivity contribution in [2.24, 2.45) is 29.1 Å². The van der Waals surface area contributed by atoms with Gasteiger partial charge in [0.2, 0.25) is 29.4 Å². The standard InChI is InChI=1S/C34H54N6O6/c1-34(2,23-11-6-12-23)24-16-26(31(44)36-18-27(41)32(45)38-25-13-14-25)40(20-24)28(42)19-37-33(46)29(21-8-4-3-5-9-21)39-30(43)22-10-7-15-35-17-22/h21-26,29,35H,3-20H2,1-2H3,(H,36,44)(H,37,46)(H,38,45)(H,39,43)/t22-,24+,26+,29+/m1/s1. The van der Waals surface area contributed by atoms with Gasteiger partial charge in [0.25, 0.3) is 5.91 Å². The van der Waals surface area contributed by atoms with E-state index in [4.69, 9.17) is 0 Å². The van der Waals surface area contributed by atoms with Gasteiger partial charge in [-0.15, -0.1) is 0 Å². The zero-order chi connectivity index (χ0) is 32.8. The Morgan fingerprint density at radius 3 is 2.17 bits per heavy atom. The van der Waals surface area contributed by atoms with E-state index in [1.54, 1.807) is 0 Å². The minimum atomic E-state index is -0.805. The molecule has 5 fully saturated rings. The van der Waals surface area contributed by atoms with E-state index in [9.17, 15) is 28.8 Å². The minimum Gasteiger partial charge on any atom is -0.347 e. The van der Waals surface area contributed by atoms with Crippen molar-refractivity contribution in [1.82, 2.24) is 31.5 Å². The van der Waals surface area contributed by atoms with Crippen LogP contribution >= 0.6 is 0 Å². The number of nitrogens with zero attached hydrogens (tertiary/aromatic N) is 1. The summed E-state index contributed by atoms with van der Waals surface area (Å²) >= 11 is 0. The van der Waals surface area contributed by atoms with E-state index < -0.39 is 36.2 Å². The van der Waals surface area contributed by atoms with Gasteiger partial charge in [-0.3, -0.25) is 28.8 Å². The van der Waals surface area contributed by atoms with Crippen LogP contribution in [-0.2, 0) is 28.8 Å². The lowest BCUT2D eigenvalue weighted by atomic mass is 9.61. The van der Waals surface area contributed by atoms with Gasteiger partial charge in [0.1, 0.15) is 12.1 Å². The number of carbonyl (C=O) groups excluding carboxylic acids is 6. The van der Waals surface area contributed by atoms with Crippen molar-refractivity contribution in [1.29, 1.82) is 0 Å². The van der Waals surface area contributed by atoms with Crippen LogP contribution in [0.4, 0.5) is 0 Å². The smallest absolute Gasteiger partial charge is 0.289 e. The van der Waals surface area contributed by atoms with Crippen molar-refractivity contribution in [2.45, 2.75) is 115 Å². The van der Waals surface area contributed by atoms with Crippen LogP contribution in [0.2, 0.25) is 0 Å². The first kappa shape index (κ1) is 34.3. The molecule has 4 atom stereocenters. The highest BCUT2D eigenvalue weighted by atomic mass is 16.2. The van der Waals surface area contributed by atoms with Crippen LogP contribution < -0.4 is 26.6 Å². The predicted molar refractivity (Wildman–Crippen MR) is 171 cm³/mol. The van der Waals surface area contributed by atoms with Crippen LogP contribution in [0.1, 0.15) is 97.3 Å². The number of hydrogen-bond donors (Lipinski definition) is 5. The average molecular weight is 643 g/mol. The third-order valence-corrected chi connectivity index (χ3v) is 11.5. The first-order chi connectivity index (χ1) is 22.0. The van der Waals surface area contributed by atoms with Gasteiger partial charge in [0.05, 0.1) is 19.0 Å². The summed E-state index contributed by atoms with van der Waals surface area (Å²) in [5.74, 6) is -2.32. The Balaban J connectivity index is 1.22. The first-order valence-electron chi connectivity index (χ1n) is 17.7. The maximum absolute atomic E-state index is 13.7. The van der Waals surface area contributed by atoms with Crippen molar-refractivity contribution in [3.63, 3.8) is 0 Å². The summed E-state index contributed by atoms with van der Waals surface area (Å²) < 4.78 is 0. The van der Waals surface area contributed by atoms with Gasteiger partial charge in [-0.05, 0) is 87.5 Å². The fourth-order valence-corrected chi connectivity index (χ4v) is 7.83. The topological polar surface area (TPSA) is 166 Å². The molecule has 0 aromatic rings. The van der Waals surface area contributed by atoms with Crippen LogP contribution in [0, 0.1) is 29.1 Å². The summed E-state index contributed by atoms with van der Waals surface area (Å²) in [6, 6.07) is -1.48. The monoisotopic (exact) mass is 642 g/mol. The molecule has 5 N–H and O–H groups in total. The molecular weight excluding hydrogens is 588 g/mol. The SMILES string of the molecule is CC(C)(C1CCC1)[C@H]1C[C@@H](C(=O)NCC(=O)C(=O)NC2CC2)N(C(=O)CNC(=O)[C@@H](NC(=O)[C@@H]2CCCNC2)C2CCCCC2)C1. The maximum atomic E-state index is 13.7. The number of ketones is 1. The van der Waals surface area contributed by atoms with Crippen molar-refractivity contribution >= 4 is 35.3 Å². The zero-order valence-electron chi connectivity index (χ0n) is 27.7. The predicted octanol–water partition coefficient (Wildman–Crippen LogP) is 1.17. The fraction of sp³-hybridized carbons (Fsp3) is 0.824. The van der Waals surface area contributed by atoms with Gasteiger partial charge < -0.3 is 31.5 Å². The normalized spacial score (nSPS) is 26.4. The van der Waals surface area contributed by atoms with Crippen molar-refractivity contribution in [2.75, 3.05) is 32.7 Å². The van der Waals surface area contributed by atoms with E-state index in [0.717, 1.165) is 77.2 Å². The summed E-state index contributed by atoms with van der Waals surface area (Å²) in [5.41, 5.74) is -0.0840. The van der Waals surface area contributed by atoms with Crippen LogP contribution in [0.3, 0.4) is 0 Å². The number of amides is 5. The van der Waals surface area contributed by atoms with Gasteiger partial charge in [-0.25, -0.2) is 0 Å². The summed E-state index contributed by atoms with van der Waals surface area (Å²) in [4.78, 5) is 80.0. The van der Waals surface area contributed by atoms with Gasteiger partial charge in [-0.2, -0.15) is 0 Å². The van der Waals surface area contributed by atoms with Crippen LogP contribution in [0.15, 0.2) is 0 Å². The first-order valence-corrected chi connectivity index (χ1v) is 17.7. The largest absolute Gasteiger partial charge is 0.347 e. The molecular formula is C34H54N6O6. The summed E-state index contributed by atoms with van der Waals surface area (Å²) in [6.45, 7) is 5.56. The van der Waals surface area contributed by atoms with Crippen LogP contribution in [-0.4, -0.2) is 91.1 Å². The molecule has 5 amide bonds. The van der Waals surface area contributed by atoms with E-state index in [1.807, 2.05) is 0 Å². The summed E-state index contributed by atoms with van der Waals surface area (Å²) in [7, 11) is 0. The van der Waals surface area contributed by atoms with Crippen molar-refractivity contribution in [3.05, 3.63) is 0 Å². The molecule has 0 aromatic heterocycles. The molecule has 2 saturated heterocycles. The van der Waals surface area contributed by atoms with Gasteiger partial charge in [-0.1, -0.05) is 39.5 Å². The number of rotatable bonds is 13. The number of nitrogens with one attached hydrogen (secondary N) is 5. The molecule has 0 aromatic carbocycles. The maximum Gasteiger partial charge on any atom is 0.289 e. The van der Waals surface area contributed by atoms with Crippen molar-refractivity contribution in [3.8, 4) is 0 Å². The third-order valence-electron chi connectivity index (χ3n) is 11.5. The Morgan fingerprint density at radius 2 is 1.54 bits per heavy atom.